The van der Waals surface area contributed by atoms with Crippen LogP contribution >= 0.6 is 47.0 Å². The van der Waals surface area contributed by atoms with Crippen LogP contribution in [0.15, 0.2) is 0 Å². The summed E-state index contributed by atoms with van der Waals surface area (Å²) in [6, 6.07) is 0. The van der Waals surface area contributed by atoms with E-state index in [0.717, 1.165) is 9.16 Å². The first kappa shape index (κ1) is 9.49. The highest BCUT2D eigenvalue weighted by atomic mass is 32.2. The van der Waals surface area contributed by atoms with Crippen LogP contribution in [0, 0.1) is 0 Å². The Bertz CT molecular complexity index is 85.7. The third kappa shape index (κ3) is 2.80. The largest absolute Gasteiger partial charge is 0.151 e. The topological polar surface area (TPSA) is 0 Å². The summed E-state index contributed by atoms with van der Waals surface area (Å²) in [5.41, 5.74) is 0. The molecule has 2 atom stereocenters. The van der Waals surface area contributed by atoms with E-state index in [-0.39, 0.29) is 0 Å². The minimum absolute atomic E-state index is 0.860. The molecule has 0 amide bonds. The number of rotatable bonds is 2. The highest BCUT2D eigenvalue weighted by Crippen LogP contribution is 2.41. The summed E-state index contributed by atoms with van der Waals surface area (Å²) < 4.78 is 1.72. The van der Waals surface area contributed by atoms with Crippen molar-refractivity contribution in [1.29, 1.82) is 0 Å². The van der Waals surface area contributed by atoms with Gasteiger partial charge in [0.05, 0.1) is 9.16 Å². The smallest absolute Gasteiger partial charge is 0.0526 e. The molecule has 10 heavy (non-hydrogen) atoms. The van der Waals surface area contributed by atoms with Gasteiger partial charge in [-0.25, -0.2) is 0 Å². The molecule has 4 heteroatoms. The summed E-state index contributed by atoms with van der Waals surface area (Å²) in [6.07, 6.45) is 5.80. The molecule has 0 saturated carbocycles. The molecule has 2 unspecified atom stereocenters. The summed E-state index contributed by atoms with van der Waals surface area (Å²) in [7, 11) is 0. The maximum atomic E-state index is 2.21. The predicted octanol–water partition coefficient (Wildman–Crippen LogP) is 3.19. The minimum atomic E-state index is 0.860. The Labute approximate surface area is 80.1 Å². The fourth-order valence-corrected chi connectivity index (χ4v) is 6.34. The average Bonchev–Trinajstić information content (AvgIpc) is 2.05. The van der Waals surface area contributed by atoms with Crippen molar-refractivity contribution in [3.8, 4) is 0 Å². The van der Waals surface area contributed by atoms with Crippen molar-refractivity contribution in [2.24, 2.45) is 0 Å². The lowest BCUT2D eigenvalue weighted by Crippen LogP contribution is -2.12. The highest BCUT2D eigenvalue weighted by molar-refractivity contribution is 8.27. The van der Waals surface area contributed by atoms with Gasteiger partial charge in [-0.05, 0) is 18.9 Å². The first-order valence-corrected chi connectivity index (χ1v) is 7.83. The average molecular weight is 212 g/mol. The van der Waals surface area contributed by atoms with Gasteiger partial charge < -0.3 is 0 Å². The molecule has 0 aliphatic carbocycles. The second-order valence-corrected chi connectivity index (χ2v) is 7.44. The lowest BCUT2D eigenvalue weighted by atomic mass is 10.5. The van der Waals surface area contributed by atoms with E-state index < -0.39 is 0 Å². The van der Waals surface area contributed by atoms with E-state index in [1.165, 1.54) is 11.5 Å². The molecule has 0 radical (unpaired) electrons. The molecular formula is C6H12S4. The number of hydrogen-bond donors (Lipinski definition) is 0. The van der Waals surface area contributed by atoms with Gasteiger partial charge in [-0.15, -0.1) is 23.5 Å². The van der Waals surface area contributed by atoms with Crippen LogP contribution in [0.25, 0.3) is 0 Å². The van der Waals surface area contributed by atoms with Crippen molar-refractivity contribution in [3.63, 3.8) is 0 Å². The molecule has 1 saturated heterocycles. The van der Waals surface area contributed by atoms with Gasteiger partial charge in [-0.3, -0.25) is 0 Å². The van der Waals surface area contributed by atoms with Crippen LogP contribution in [0.2, 0.25) is 0 Å². The van der Waals surface area contributed by atoms with Crippen molar-refractivity contribution in [2.75, 3.05) is 17.6 Å². The van der Waals surface area contributed by atoms with E-state index in [1.807, 2.05) is 23.5 Å². The highest BCUT2D eigenvalue weighted by Gasteiger charge is 2.20. The van der Waals surface area contributed by atoms with Gasteiger partial charge in [0.2, 0.25) is 0 Å². The Morgan fingerprint density at radius 1 is 1.10 bits per heavy atom. The lowest BCUT2D eigenvalue weighted by molar-refractivity contribution is 1.03. The van der Waals surface area contributed by atoms with Crippen LogP contribution in [0.4, 0.5) is 0 Å². The first-order valence-electron chi connectivity index (χ1n) is 3.15. The van der Waals surface area contributed by atoms with Crippen LogP contribution in [0.5, 0.6) is 0 Å². The first-order chi connectivity index (χ1) is 4.86. The molecular weight excluding hydrogens is 200 g/mol. The van der Waals surface area contributed by atoms with Gasteiger partial charge in [0.15, 0.2) is 0 Å². The van der Waals surface area contributed by atoms with Crippen molar-refractivity contribution in [1.82, 2.24) is 0 Å². The molecule has 0 nitrogen and oxygen atoms in total. The fourth-order valence-electron chi connectivity index (χ4n) is 0.813. The summed E-state index contributed by atoms with van der Waals surface area (Å²) in [5, 5.41) is 1.29. The zero-order chi connectivity index (χ0) is 7.40. The molecule has 0 aromatic carbocycles. The normalized spacial score (nSPS) is 34.2. The molecule has 0 aromatic heterocycles. The minimum Gasteiger partial charge on any atom is -0.151 e. The van der Waals surface area contributed by atoms with E-state index in [4.69, 9.17) is 0 Å². The van der Waals surface area contributed by atoms with Crippen molar-refractivity contribution >= 4 is 47.0 Å². The molecule has 0 aromatic rings. The van der Waals surface area contributed by atoms with Crippen molar-refractivity contribution in [3.05, 3.63) is 0 Å². The van der Waals surface area contributed by atoms with E-state index in [0.29, 0.717) is 0 Å². The van der Waals surface area contributed by atoms with Crippen LogP contribution in [0.1, 0.15) is 6.42 Å². The predicted molar refractivity (Wildman–Crippen MR) is 59.3 cm³/mol. The van der Waals surface area contributed by atoms with Crippen LogP contribution in [0.3, 0.4) is 0 Å². The Morgan fingerprint density at radius 3 is 2.00 bits per heavy atom. The molecule has 1 aliphatic heterocycles. The van der Waals surface area contributed by atoms with Gasteiger partial charge in [0.1, 0.15) is 0 Å². The molecule has 0 bridgehead atoms. The van der Waals surface area contributed by atoms with Crippen LogP contribution in [-0.2, 0) is 0 Å². The molecule has 60 valence electrons. The van der Waals surface area contributed by atoms with E-state index in [9.17, 15) is 0 Å². The maximum absolute atomic E-state index is 2.21. The molecule has 1 rings (SSSR count). The van der Waals surface area contributed by atoms with Gasteiger partial charge in [0, 0.05) is 5.08 Å². The standard InChI is InChI=1S/C6H12S4/c1-7-5-3-6(8-2)10-4-9-5/h5-6H,3-4H2,1-2H3. The second-order valence-electron chi connectivity index (χ2n) is 2.02. The fraction of sp³-hybridized carbons (Fsp3) is 1.00. The van der Waals surface area contributed by atoms with E-state index in [2.05, 4.69) is 36.0 Å². The molecule has 0 N–H and O–H groups in total. The number of hydrogen-bond acceptors (Lipinski definition) is 4. The lowest BCUT2D eigenvalue weighted by Gasteiger charge is -2.25. The Kier molecular flexibility index (Phi) is 4.86. The van der Waals surface area contributed by atoms with E-state index in [1.54, 1.807) is 0 Å². The van der Waals surface area contributed by atoms with E-state index >= 15 is 0 Å². The number of thioether (sulfide) groups is 4. The summed E-state index contributed by atoms with van der Waals surface area (Å²) in [5.74, 6) is 0. The third-order valence-corrected chi connectivity index (χ3v) is 7.04. The summed E-state index contributed by atoms with van der Waals surface area (Å²) in [4.78, 5) is 0. The Morgan fingerprint density at radius 2 is 1.60 bits per heavy atom. The molecule has 1 aliphatic rings. The van der Waals surface area contributed by atoms with Crippen LogP contribution < -0.4 is 0 Å². The quantitative estimate of drug-likeness (QED) is 0.689. The van der Waals surface area contributed by atoms with Gasteiger partial charge >= 0.3 is 0 Å². The Hall–Kier alpha value is 1.40. The third-order valence-electron chi connectivity index (χ3n) is 1.42. The molecule has 1 heterocycles. The van der Waals surface area contributed by atoms with Gasteiger partial charge in [-0.2, -0.15) is 23.5 Å². The second kappa shape index (κ2) is 5.12. The maximum Gasteiger partial charge on any atom is 0.0526 e. The van der Waals surface area contributed by atoms with Gasteiger partial charge in [-0.1, -0.05) is 0 Å². The van der Waals surface area contributed by atoms with Crippen molar-refractivity contribution in [2.45, 2.75) is 15.6 Å². The zero-order valence-corrected chi connectivity index (χ0v) is 9.47. The van der Waals surface area contributed by atoms with Gasteiger partial charge in [0.25, 0.3) is 0 Å². The van der Waals surface area contributed by atoms with Crippen LogP contribution in [-0.4, -0.2) is 26.8 Å². The Balaban J connectivity index is 2.25. The summed E-state index contributed by atoms with van der Waals surface area (Å²) >= 11 is 8.19. The SMILES string of the molecule is CSC1CC(SC)SCS1. The summed E-state index contributed by atoms with van der Waals surface area (Å²) in [6.45, 7) is 0. The van der Waals surface area contributed by atoms with Crippen molar-refractivity contribution < 1.29 is 0 Å². The monoisotopic (exact) mass is 212 g/mol. The molecule has 0 spiro atoms. The zero-order valence-electron chi connectivity index (χ0n) is 6.20. The molecule has 1 fully saturated rings.